The number of aromatic hydroxyl groups is 1. The first-order chi connectivity index (χ1) is 11.7. The van der Waals surface area contributed by atoms with Gasteiger partial charge < -0.3 is 5.11 Å². The zero-order valence-electron chi connectivity index (χ0n) is 13.2. The van der Waals surface area contributed by atoms with Crippen LogP contribution >= 0.6 is 11.6 Å². The molecule has 1 aliphatic carbocycles. The van der Waals surface area contributed by atoms with Crippen LogP contribution in [0.3, 0.4) is 0 Å². The lowest BCUT2D eigenvalue weighted by molar-refractivity contribution is 0.475. The molecule has 0 bridgehead atoms. The monoisotopic (exact) mass is 332 g/mol. The Labute approximate surface area is 146 Å². The highest BCUT2D eigenvalue weighted by atomic mass is 35.5. The van der Waals surface area contributed by atoms with Crippen molar-refractivity contribution in [3.63, 3.8) is 0 Å². The maximum absolute atomic E-state index is 9.78. The topological polar surface area (TPSA) is 20.2 Å². The predicted molar refractivity (Wildman–Crippen MR) is 100 cm³/mol. The molecule has 1 aliphatic rings. The summed E-state index contributed by atoms with van der Waals surface area (Å²) in [6, 6.07) is 22.0. The van der Waals surface area contributed by atoms with E-state index in [1.54, 1.807) is 12.1 Å². The second-order valence-corrected chi connectivity index (χ2v) is 6.55. The fraction of sp³-hybridized carbons (Fsp3) is 0.0909. The van der Waals surface area contributed by atoms with E-state index >= 15 is 0 Å². The van der Waals surface area contributed by atoms with Crippen molar-refractivity contribution in [2.45, 2.75) is 12.8 Å². The van der Waals surface area contributed by atoms with Gasteiger partial charge in [0, 0.05) is 5.02 Å². The first kappa shape index (κ1) is 15.0. The van der Waals surface area contributed by atoms with Gasteiger partial charge >= 0.3 is 0 Å². The molecule has 24 heavy (non-hydrogen) atoms. The van der Waals surface area contributed by atoms with Gasteiger partial charge in [-0.1, -0.05) is 54.1 Å². The lowest BCUT2D eigenvalue weighted by Crippen LogP contribution is -1.92. The first-order valence-corrected chi connectivity index (χ1v) is 8.46. The Hall–Kier alpha value is -2.51. The number of phenolic OH excluding ortho intramolecular Hbond substituents is 1. The van der Waals surface area contributed by atoms with Gasteiger partial charge in [0.15, 0.2) is 0 Å². The van der Waals surface area contributed by atoms with E-state index in [0.29, 0.717) is 0 Å². The number of hydrogen-bond donors (Lipinski definition) is 1. The molecule has 0 saturated carbocycles. The van der Waals surface area contributed by atoms with Gasteiger partial charge in [-0.2, -0.15) is 0 Å². The zero-order chi connectivity index (χ0) is 16.5. The molecule has 2 heteroatoms. The quantitative estimate of drug-likeness (QED) is 0.603. The lowest BCUT2D eigenvalue weighted by Gasteiger charge is -2.12. The van der Waals surface area contributed by atoms with Gasteiger partial charge in [0.25, 0.3) is 0 Å². The zero-order valence-corrected chi connectivity index (χ0v) is 13.9. The molecule has 0 heterocycles. The highest BCUT2D eigenvalue weighted by Gasteiger charge is 2.18. The van der Waals surface area contributed by atoms with Crippen molar-refractivity contribution in [3.05, 3.63) is 99.6 Å². The van der Waals surface area contributed by atoms with Crippen molar-refractivity contribution in [2.24, 2.45) is 0 Å². The van der Waals surface area contributed by atoms with E-state index in [1.807, 2.05) is 18.2 Å². The van der Waals surface area contributed by atoms with Crippen LogP contribution in [0.1, 0.15) is 27.8 Å². The van der Waals surface area contributed by atoms with Crippen LogP contribution in [0.2, 0.25) is 5.02 Å². The average molecular weight is 333 g/mol. The summed E-state index contributed by atoms with van der Waals surface area (Å²) in [5, 5.41) is 10.6. The second kappa shape index (κ2) is 6.18. The van der Waals surface area contributed by atoms with Gasteiger partial charge in [-0.25, -0.2) is 0 Å². The van der Waals surface area contributed by atoms with Crippen LogP contribution in [0.5, 0.6) is 5.75 Å². The van der Waals surface area contributed by atoms with Crippen molar-refractivity contribution in [3.8, 4) is 5.75 Å². The summed E-state index contributed by atoms with van der Waals surface area (Å²) < 4.78 is 0. The molecule has 118 valence electrons. The van der Waals surface area contributed by atoms with Crippen molar-refractivity contribution >= 4 is 23.3 Å². The fourth-order valence-electron chi connectivity index (χ4n) is 3.38. The van der Waals surface area contributed by atoms with E-state index in [4.69, 9.17) is 11.6 Å². The Kier molecular flexibility index (Phi) is 3.87. The Balaban J connectivity index is 1.97. The average Bonchev–Trinajstić information content (AvgIpc) is 2.73. The van der Waals surface area contributed by atoms with E-state index in [-0.39, 0.29) is 5.75 Å². The van der Waals surface area contributed by atoms with Crippen LogP contribution in [0.4, 0.5) is 0 Å². The lowest BCUT2D eigenvalue weighted by atomic mass is 9.92. The molecule has 1 nitrogen and oxygen atoms in total. The standard InChI is InChI=1S/C22H17ClO/c23-18-10-11-21-17(14-18)9-8-16-5-1-2-7-20(16)22(21)13-15-4-3-6-19(24)12-15/h1-7,10-14,24H,8-9H2/b22-13+. The third-order valence-electron chi connectivity index (χ3n) is 4.51. The van der Waals surface area contributed by atoms with Crippen molar-refractivity contribution in [2.75, 3.05) is 0 Å². The molecule has 0 aromatic heterocycles. The van der Waals surface area contributed by atoms with Crippen LogP contribution in [-0.4, -0.2) is 5.11 Å². The molecule has 0 fully saturated rings. The SMILES string of the molecule is Oc1cccc(/C=C2\c3ccccc3CCc3cc(Cl)ccc32)c1. The predicted octanol–water partition coefficient (Wildman–Crippen LogP) is 5.73. The van der Waals surface area contributed by atoms with Gasteiger partial charge in [-0.05, 0) is 76.6 Å². The normalized spacial score (nSPS) is 14.8. The van der Waals surface area contributed by atoms with Crippen LogP contribution in [0.15, 0.2) is 66.7 Å². The van der Waals surface area contributed by atoms with Crippen molar-refractivity contribution in [1.82, 2.24) is 0 Å². The largest absolute Gasteiger partial charge is 0.508 e. The molecule has 4 rings (SSSR count). The van der Waals surface area contributed by atoms with Crippen LogP contribution in [-0.2, 0) is 12.8 Å². The fourth-order valence-corrected chi connectivity index (χ4v) is 3.58. The number of hydrogen-bond acceptors (Lipinski definition) is 1. The molecular weight excluding hydrogens is 316 g/mol. The Morgan fingerprint density at radius 2 is 1.58 bits per heavy atom. The summed E-state index contributed by atoms with van der Waals surface area (Å²) in [7, 11) is 0. The molecular formula is C22H17ClO. The minimum atomic E-state index is 0.280. The molecule has 1 N–H and O–H groups in total. The van der Waals surface area contributed by atoms with Crippen molar-refractivity contribution < 1.29 is 5.11 Å². The minimum Gasteiger partial charge on any atom is -0.508 e. The third-order valence-corrected chi connectivity index (χ3v) is 4.74. The van der Waals surface area contributed by atoms with Gasteiger partial charge in [-0.3, -0.25) is 0 Å². The van der Waals surface area contributed by atoms with Gasteiger partial charge in [-0.15, -0.1) is 0 Å². The number of phenols is 1. The summed E-state index contributed by atoms with van der Waals surface area (Å²) >= 11 is 6.22. The summed E-state index contributed by atoms with van der Waals surface area (Å²) in [6.45, 7) is 0. The molecule has 0 saturated heterocycles. The number of benzene rings is 3. The molecule has 0 amide bonds. The smallest absolute Gasteiger partial charge is 0.116 e. The number of fused-ring (bicyclic) bond motifs is 2. The van der Waals surface area contributed by atoms with E-state index in [2.05, 4.69) is 42.5 Å². The van der Waals surface area contributed by atoms with E-state index < -0.39 is 0 Å². The maximum Gasteiger partial charge on any atom is 0.116 e. The summed E-state index contributed by atoms with van der Waals surface area (Å²) in [5.41, 5.74) is 7.25. The Morgan fingerprint density at radius 3 is 2.46 bits per heavy atom. The number of aryl methyl sites for hydroxylation is 2. The summed E-state index contributed by atoms with van der Waals surface area (Å²) in [5.74, 6) is 0.280. The van der Waals surface area contributed by atoms with E-state index in [9.17, 15) is 5.11 Å². The van der Waals surface area contributed by atoms with Gasteiger partial charge in [0.05, 0.1) is 0 Å². The van der Waals surface area contributed by atoms with Crippen LogP contribution < -0.4 is 0 Å². The third kappa shape index (κ3) is 2.83. The highest BCUT2D eigenvalue weighted by molar-refractivity contribution is 6.30. The summed E-state index contributed by atoms with van der Waals surface area (Å²) in [4.78, 5) is 0. The first-order valence-electron chi connectivity index (χ1n) is 8.08. The molecule has 0 aliphatic heterocycles. The molecule has 3 aromatic carbocycles. The minimum absolute atomic E-state index is 0.280. The Morgan fingerprint density at radius 1 is 0.792 bits per heavy atom. The van der Waals surface area contributed by atoms with E-state index in [0.717, 1.165) is 23.4 Å². The molecule has 0 atom stereocenters. The number of rotatable bonds is 1. The van der Waals surface area contributed by atoms with Crippen molar-refractivity contribution in [1.29, 1.82) is 0 Å². The number of halogens is 1. The van der Waals surface area contributed by atoms with Gasteiger partial charge in [0.2, 0.25) is 0 Å². The van der Waals surface area contributed by atoms with E-state index in [1.165, 1.54) is 27.8 Å². The second-order valence-electron chi connectivity index (χ2n) is 6.11. The van der Waals surface area contributed by atoms with Crippen LogP contribution in [0, 0.1) is 0 Å². The Bertz CT molecular complexity index is 940. The molecule has 3 aromatic rings. The van der Waals surface area contributed by atoms with Crippen LogP contribution in [0.25, 0.3) is 11.6 Å². The molecule has 0 radical (unpaired) electrons. The van der Waals surface area contributed by atoms with Gasteiger partial charge in [0.1, 0.15) is 5.75 Å². The molecule has 0 unspecified atom stereocenters. The highest BCUT2D eigenvalue weighted by Crippen LogP contribution is 2.36. The summed E-state index contributed by atoms with van der Waals surface area (Å²) in [6.07, 6.45) is 4.13. The molecule has 0 spiro atoms. The maximum atomic E-state index is 9.78.